The predicted octanol–water partition coefficient (Wildman–Crippen LogP) is 5.42. The van der Waals surface area contributed by atoms with Gasteiger partial charge in [0.15, 0.2) is 5.65 Å². The molecule has 0 spiro atoms. The average molecular weight is 532 g/mol. The number of nitrogens with one attached hydrogen (secondary N) is 1. The number of hydrogen-bond acceptors (Lipinski definition) is 6. The molecule has 0 unspecified atom stereocenters. The van der Waals surface area contributed by atoms with E-state index in [0.717, 1.165) is 41.8 Å². The number of fused-ring (bicyclic) bond motifs is 1. The minimum absolute atomic E-state index is 0.0360. The topological polar surface area (TPSA) is 83.3 Å². The van der Waals surface area contributed by atoms with Crippen molar-refractivity contribution in [1.82, 2.24) is 24.8 Å². The smallest absolute Gasteiger partial charge is 0.267 e. The molecule has 2 aromatic carbocycles. The Morgan fingerprint density at radius 2 is 2.05 bits per heavy atom. The first-order valence-electron chi connectivity index (χ1n) is 13.1. The number of nitrogens with zero attached hydrogens (tertiary/aromatic N) is 4. The van der Waals surface area contributed by atoms with Crippen LogP contribution in [0.2, 0.25) is 5.02 Å². The van der Waals surface area contributed by atoms with E-state index in [9.17, 15) is 9.90 Å². The molecule has 4 aromatic rings. The van der Waals surface area contributed by atoms with E-state index >= 15 is 0 Å². The Kier molecular flexibility index (Phi) is 7.52. The van der Waals surface area contributed by atoms with Crippen molar-refractivity contribution in [2.45, 2.75) is 52.1 Å². The van der Waals surface area contributed by atoms with Crippen LogP contribution in [0.5, 0.6) is 5.75 Å². The zero-order chi connectivity index (χ0) is 27.0. The highest BCUT2D eigenvalue weighted by Gasteiger charge is 2.23. The van der Waals surface area contributed by atoms with Crippen molar-refractivity contribution in [3.63, 3.8) is 0 Å². The first-order chi connectivity index (χ1) is 18.2. The fourth-order valence-electron chi connectivity index (χ4n) is 5.42. The zero-order valence-electron chi connectivity index (χ0n) is 22.3. The first kappa shape index (κ1) is 26.4. The lowest BCUT2D eigenvalue weighted by molar-refractivity contribution is 0.294. The number of phenolic OH excluding ortho intramolecular Hbond substituents is 1. The summed E-state index contributed by atoms with van der Waals surface area (Å²) in [7, 11) is 2.09. The Labute approximate surface area is 228 Å². The standard InChI is InChI=1S/C30H34ClN5O2/c1-18(2)29-34-28-27(30(38)36(29)23-8-5-9-24(37)14-23)26(17-35(4)16-22-7-6-10-32-22)25(15-33-28)20-11-19(3)12-21(31)13-20/h5,8-9,11-15,18,22,32,37H,6-7,10,16-17H2,1-4H3/t22-/m0/s1. The predicted molar refractivity (Wildman–Crippen MR) is 153 cm³/mol. The van der Waals surface area contributed by atoms with Gasteiger partial charge in [0.2, 0.25) is 0 Å². The summed E-state index contributed by atoms with van der Waals surface area (Å²) in [5.74, 6) is 0.655. The van der Waals surface area contributed by atoms with Crippen LogP contribution in [0.15, 0.2) is 53.5 Å². The van der Waals surface area contributed by atoms with Crippen molar-refractivity contribution in [2.75, 3.05) is 20.1 Å². The van der Waals surface area contributed by atoms with Gasteiger partial charge >= 0.3 is 0 Å². The second-order valence-electron chi connectivity index (χ2n) is 10.6. The minimum atomic E-state index is -0.195. The highest BCUT2D eigenvalue weighted by molar-refractivity contribution is 6.31. The van der Waals surface area contributed by atoms with Crippen molar-refractivity contribution in [3.05, 3.63) is 81.0 Å². The summed E-state index contributed by atoms with van der Waals surface area (Å²) in [5, 5.41) is 14.9. The molecule has 0 saturated carbocycles. The van der Waals surface area contributed by atoms with E-state index in [4.69, 9.17) is 21.6 Å². The molecule has 2 aromatic heterocycles. The zero-order valence-corrected chi connectivity index (χ0v) is 23.1. The number of rotatable bonds is 7. The van der Waals surface area contributed by atoms with Crippen molar-refractivity contribution in [1.29, 1.82) is 0 Å². The second-order valence-corrected chi connectivity index (χ2v) is 11.1. The third-order valence-electron chi connectivity index (χ3n) is 7.11. The number of benzene rings is 2. The molecular formula is C30H34ClN5O2. The van der Waals surface area contributed by atoms with E-state index in [1.807, 2.05) is 45.2 Å². The van der Waals surface area contributed by atoms with Gasteiger partial charge in [-0.3, -0.25) is 9.36 Å². The summed E-state index contributed by atoms with van der Waals surface area (Å²) in [6.07, 6.45) is 4.14. The molecule has 0 aliphatic carbocycles. The summed E-state index contributed by atoms with van der Waals surface area (Å²) in [6, 6.07) is 13.1. The number of aromatic nitrogens is 3. The van der Waals surface area contributed by atoms with Crippen LogP contribution in [0.3, 0.4) is 0 Å². The van der Waals surface area contributed by atoms with Crippen molar-refractivity contribution in [3.8, 4) is 22.6 Å². The molecule has 1 aliphatic heterocycles. The lowest BCUT2D eigenvalue weighted by Gasteiger charge is -2.24. The van der Waals surface area contributed by atoms with Gasteiger partial charge in [-0.25, -0.2) is 9.97 Å². The van der Waals surface area contributed by atoms with Crippen LogP contribution >= 0.6 is 11.6 Å². The van der Waals surface area contributed by atoms with Gasteiger partial charge in [-0.05, 0) is 74.3 Å². The average Bonchev–Trinajstić information content (AvgIpc) is 3.36. The molecule has 7 nitrogen and oxygen atoms in total. The summed E-state index contributed by atoms with van der Waals surface area (Å²) in [6.45, 7) is 8.47. The third-order valence-corrected chi connectivity index (χ3v) is 7.33. The van der Waals surface area contributed by atoms with Crippen molar-refractivity contribution >= 4 is 22.6 Å². The molecular weight excluding hydrogens is 498 g/mol. The first-order valence-corrected chi connectivity index (χ1v) is 13.5. The number of likely N-dealkylation sites (N-methyl/N-ethyl adjacent to an activating group) is 1. The van der Waals surface area contributed by atoms with Crippen LogP contribution in [0.4, 0.5) is 0 Å². The summed E-state index contributed by atoms with van der Waals surface area (Å²) < 4.78 is 1.61. The maximum absolute atomic E-state index is 14.4. The SMILES string of the molecule is Cc1cc(Cl)cc(-c2cnc3nc(C(C)C)n(-c4cccc(O)c4)c(=O)c3c2CN(C)C[C@@H]2CCCN2)c1. The van der Waals surface area contributed by atoms with Crippen LogP contribution in [0, 0.1) is 6.92 Å². The molecule has 1 aliphatic rings. The van der Waals surface area contributed by atoms with Gasteiger partial charge in [0.05, 0.1) is 11.1 Å². The molecule has 198 valence electrons. The Bertz CT molecular complexity index is 1520. The lowest BCUT2D eigenvalue weighted by atomic mass is 9.97. The third kappa shape index (κ3) is 5.32. The highest BCUT2D eigenvalue weighted by atomic mass is 35.5. The van der Waals surface area contributed by atoms with Gasteiger partial charge < -0.3 is 15.3 Å². The Balaban J connectivity index is 1.77. The normalized spacial score (nSPS) is 15.7. The molecule has 1 atom stereocenters. The van der Waals surface area contributed by atoms with Crippen molar-refractivity contribution < 1.29 is 5.11 Å². The number of pyridine rings is 1. The highest BCUT2D eigenvalue weighted by Crippen LogP contribution is 2.32. The number of halogens is 1. The number of aromatic hydroxyl groups is 1. The fourth-order valence-corrected chi connectivity index (χ4v) is 5.71. The van der Waals surface area contributed by atoms with Gasteiger partial charge in [-0.15, -0.1) is 0 Å². The molecule has 38 heavy (non-hydrogen) atoms. The Morgan fingerprint density at radius 1 is 1.24 bits per heavy atom. The molecule has 0 amide bonds. The van der Waals surface area contributed by atoms with E-state index in [1.165, 1.54) is 6.42 Å². The van der Waals surface area contributed by atoms with Crippen LogP contribution in [0.25, 0.3) is 27.8 Å². The van der Waals surface area contributed by atoms with Crippen molar-refractivity contribution in [2.24, 2.45) is 0 Å². The van der Waals surface area contributed by atoms with E-state index in [-0.39, 0.29) is 17.2 Å². The quantitative estimate of drug-likeness (QED) is 0.331. The van der Waals surface area contributed by atoms with E-state index in [2.05, 4.69) is 23.3 Å². The Morgan fingerprint density at radius 3 is 2.74 bits per heavy atom. The monoisotopic (exact) mass is 531 g/mol. The molecule has 2 N–H and O–H groups in total. The summed E-state index contributed by atoms with van der Waals surface area (Å²) in [5.41, 5.74) is 4.51. The Hall–Kier alpha value is -3.26. The molecule has 0 radical (unpaired) electrons. The van der Waals surface area contributed by atoms with Gasteiger partial charge in [0.1, 0.15) is 11.6 Å². The number of aryl methyl sites for hydroxylation is 1. The summed E-state index contributed by atoms with van der Waals surface area (Å²) >= 11 is 6.46. The van der Waals surface area contributed by atoms with Gasteiger partial charge in [0.25, 0.3) is 5.56 Å². The van der Waals surface area contributed by atoms with Crippen LogP contribution < -0.4 is 10.9 Å². The molecule has 0 bridgehead atoms. The number of hydrogen-bond donors (Lipinski definition) is 2. The lowest BCUT2D eigenvalue weighted by Crippen LogP contribution is -2.35. The van der Waals surface area contributed by atoms with Crippen LogP contribution in [0.1, 0.15) is 49.6 Å². The molecule has 3 heterocycles. The molecule has 1 fully saturated rings. The maximum atomic E-state index is 14.4. The fraction of sp³-hybridized carbons (Fsp3) is 0.367. The summed E-state index contributed by atoms with van der Waals surface area (Å²) in [4.78, 5) is 26.2. The number of phenols is 1. The van der Waals surface area contributed by atoms with Gasteiger partial charge in [0, 0.05) is 47.9 Å². The second kappa shape index (κ2) is 10.8. The van der Waals surface area contributed by atoms with E-state index in [1.54, 1.807) is 22.8 Å². The molecule has 1 saturated heterocycles. The maximum Gasteiger partial charge on any atom is 0.267 e. The van der Waals surface area contributed by atoms with Crippen LogP contribution in [-0.2, 0) is 6.54 Å². The van der Waals surface area contributed by atoms with Gasteiger partial charge in [-0.1, -0.05) is 37.6 Å². The molecule has 5 rings (SSSR count). The van der Waals surface area contributed by atoms with E-state index < -0.39 is 0 Å². The minimum Gasteiger partial charge on any atom is -0.508 e. The van der Waals surface area contributed by atoms with Crippen LogP contribution in [-0.4, -0.2) is 50.7 Å². The largest absolute Gasteiger partial charge is 0.508 e. The molecule has 8 heteroatoms. The van der Waals surface area contributed by atoms with E-state index in [0.29, 0.717) is 40.2 Å². The van der Waals surface area contributed by atoms with Gasteiger partial charge in [-0.2, -0.15) is 0 Å².